The number of nitrogens with zero attached hydrogens (tertiary/aromatic N) is 6. The average molecular weight is 743 g/mol. The van der Waals surface area contributed by atoms with Gasteiger partial charge in [-0.05, 0) is 48.9 Å². The summed E-state index contributed by atoms with van der Waals surface area (Å²) in [5, 5.41) is 13.0. The molecule has 3 heterocycles. The lowest BCUT2D eigenvalue weighted by molar-refractivity contribution is 1.13. The van der Waals surface area contributed by atoms with Gasteiger partial charge in [-0.3, -0.25) is 0 Å². The van der Waals surface area contributed by atoms with Crippen LogP contribution in [-0.2, 0) is 0 Å². The molecular weight excluding hydrogens is 709 g/mol. The molecule has 6 heteroatoms. The Morgan fingerprint density at radius 2 is 0.845 bits per heavy atom. The van der Waals surface area contributed by atoms with Crippen molar-refractivity contribution in [2.24, 2.45) is 0 Å². The van der Waals surface area contributed by atoms with Crippen LogP contribution in [0.15, 0.2) is 188 Å². The number of benzene rings is 7. The van der Waals surface area contributed by atoms with Crippen molar-refractivity contribution in [1.82, 2.24) is 24.5 Å². The highest BCUT2D eigenvalue weighted by molar-refractivity contribution is 6.11. The van der Waals surface area contributed by atoms with E-state index in [1.165, 1.54) is 0 Å². The maximum absolute atomic E-state index is 10.8. The first-order valence-corrected chi connectivity index (χ1v) is 19.2. The smallest absolute Gasteiger partial charge is 0.160 e. The van der Waals surface area contributed by atoms with Gasteiger partial charge < -0.3 is 4.57 Å². The zero-order chi connectivity index (χ0) is 39.0. The zero-order valence-electron chi connectivity index (χ0n) is 31.6. The minimum Gasteiger partial charge on any atom is -0.308 e. The van der Waals surface area contributed by atoms with Gasteiger partial charge >= 0.3 is 0 Å². The number of fused-ring (bicyclic) bond motifs is 3. The van der Waals surface area contributed by atoms with E-state index in [4.69, 9.17) is 19.9 Å². The van der Waals surface area contributed by atoms with Gasteiger partial charge in [-0.1, -0.05) is 152 Å². The third kappa shape index (κ3) is 6.27. The Morgan fingerprint density at radius 3 is 1.34 bits per heavy atom. The van der Waals surface area contributed by atoms with Crippen LogP contribution in [0.4, 0.5) is 0 Å². The van der Waals surface area contributed by atoms with E-state index in [2.05, 4.69) is 84.3 Å². The van der Waals surface area contributed by atoms with Crippen LogP contribution in [0.25, 0.3) is 95.3 Å². The van der Waals surface area contributed by atoms with E-state index in [1.807, 2.05) is 121 Å². The van der Waals surface area contributed by atoms with Gasteiger partial charge in [0, 0.05) is 44.2 Å². The molecule has 272 valence electrons. The number of aryl methyl sites for hydroxylation is 1. The van der Waals surface area contributed by atoms with E-state index < -0.39 is 0 Å². The Hall–Kier alpha value is -8.01. The van der Waals surface area contributed by atoms with Crippen molar-refractivity contribution in [3.05, 3.63) is 199 Å². The lowest BCUT2D eigenvalue weighted by Crippen LogP contribution is -2.05. The molecule has 0 amide bonds. The van der Waals surface area contributed by atoms with E-state index in [0.29, 0.717) is 28.6 Å². The molecule has 7 aromatic carbocycles. The van der Waals surface area contributed by atoms with Crippen molar-refractivity contribution in [2.75, 3.05) is 0 Å². The maximum atomic E-state index is 10.8. The molecule has 0 spiro atoms. The largest absolute Gasteiger partial charge is 0.308 e. The molecule has 58 heavy (non-hydrogen) atoms. The molecule has 0 saturated heterocycles. The highest BCUT2D eigenvalue weighted by Gasteiger charge is 2.25. The van der Waals surface area contributed by atoms with Gasteiger partial charge in [0.1, 0.15) is 0 Å². The number of hydrogen-bond donors (Lipinski definition) is 0. The highest BCUT2D eigenvalue weighted by atomic mass is 15.0. The first-order valence-electron chi connectivity index (χ1n) is 19.2. The van der Waals surface area contributed by atoms with E-state index in [9.17, 15) is 5.26 Å². The zero-order valence-corrected chi connectivity index (χ0v) is 31.6. The minimum absolute atomic E-state index is 0.480. The van der Waals surface area contributed by atoms with Crippen LogP contribution in [0.2, 0.25) is 0 Å². The first-order chi connectivity index (χ1) is 28.6. The summed E-state index contributed by atoms with van der Waals surface area (Å²) in [5.41, 5.74) is 12.7. The van der Waals surface area contributed by atoms with Gasteiger partial charge in [0.15, 0.2) is 11.6 Å². The molecular formula is C52H34N6. The number of para-hydroxylation sites is 1. The Bertz CT molecular complexity index is 2910. The van der Waals surface area contributed by atoms with E-state index in [0.717, 1.165) is 77.8 Å². The molecule has 6 nitrogen and oxygen atoms in total. The summed E-state index contributed by atoms with van der Waals surface area (Å²) in [6.07, 6.45) is 0. The van der Waals surface area contributed by atoms with Crippen LogP contribution in [-0.4, -0.2) is 24.5 Å². The van der Waals surface area contributed by atoms with Crippen LogP contribution < -0.4 is 0 Å². The van der Waals surface area contributed by atoms with Crippen molar-refractivity contribution in [2.45, 2.75) is 6.92 Å². The summed E-state index contributed by atoms with van der Waals surface area (Å²) in [6.45, 7) is 2.12. The minimum atomic E-state index is 0.480. The first kappa shape index (κ1) is 34.5. The molecule has 0 aliphatic heterocycles. The number of nitriles is 1. The molecule has 0 aliphatic rings. The molecule has 0 fully saturated rings. The predicted molar refractivity (Wildman–Crippen MR) is 234 cm³/mol. The van der Waals surface area contributed by atoms with E-state index in [-0.39, 0.29) is 0 Å². The summed E-state index contributed by atoms with van der Waals surface area (Å²) in [4.78, 5) is 20.9. The van der Waals surface area contributed by atoms with Crippen molar-refractivity contribution in [1.29, 1.82) is 5.26 Å². The van der Waals surface area contributed by atoms with Gasteiger partial charge in [-0.15, -0.1) is 0 Å². The van der Waals surface area contributed by atoms with Gasteiger partial charge in [0.05, 0.1) is 51.1 Å². The summed E-state index contributed by atoms with van der Waals surface area (Å²) in [5.74, 6) is 1.18. The maximum Gasteiger partial charge on any atom is 0.160 e. The molecule has 0 unspecified atom stereocenters. The molecule has 0 saturated carbocycles. The summed E-state index contributed by atoms with van der Waals surface area (Å²) >= 11 is 0. The van der Waals surface area contributed by atoms with Gasteiger partial charge in [-0.25, -0.2) is 19.9 Å². The molecule has 0 aliphatic carbocycles. The predicted octanol–water partition coefficient (Wildman–Crippen LogP) is 12.5. The summed E-state index contributed by atoms with van der Waals surface area (Å²) in [7, 11) is 0. The fourth-order valence-electron chi connectivity index (χ4n) is 7.77. The fraction of sp³-hybridized carbons (Fsp3) is 0.0192. The molecule has 0 radical (unpaired) electrons. The van der Waals surface area contributed by atoms with E-state index >= 15 is 0 Å². The van der Waals surface area contributed by atoms with Gasteiger partial charge in [-0.2, -0.15) is 5.26 Å². The lowest BCUT2D eigenvalue weighted by Gasteiger charge is -2.20. The monoisotopic (exact) mass is 742 g/mol. The highest BCUT2D eigenvalue weighted by Crippen LogP contribution is 2.43. The van der Waals surface area contributed by atoms with Crippen molar-refractivity contribution in [3.8, 4) is 79.6 Å². The molecule has 3 aromatic heterocycles. The topological polar surface area (TPSA) is 80.3 Å². The number of aromatic nitrogens is 5. The Kier molecular flexibility index (Phi) is 8.66. The quantitative estimate of drug-likeness (QED) is 0.162. The molecule has 0 bridgehead atoms. The van der Waals surface area contributed by atoms with Crippen LogP contribution in [0, 0.1) is 18.3 Å². The third-order valence-corrected chi connectivity index (χ3v) is 10.5. The van der Waals surface area contributed by atoms with Crippen LogP contribution in [0.3, 0.4) is 0 Å². The Morgan fingerprint density at radius 1 is 0.414 bits per heavy atom. The van der Waals surface area contributed by atoms with Crippen molar-refractivity contribution in [3.63, 3.8) is 0 Å². The summed E-state index contributed by atoms with van der Waals surface area (Å²) in [6, 6.07) is 66.0. The molecule has 0 N–H and O–H groups in total. The SMILES string of the molecule is Cc1ccc2c3ccccc3n(-c3c(-c4cc(-c5ccccc5)nc(-c5ccccc5)n4)cc(C#N)cc3-c3cc(-c4ccccc4)nc(-c4ccccc4)n3)c2c1. The lowest BCUT2D eigenvalue weighted by atomic mass is 9.95. The molecule has 10 rings (SSSR count). The summed E-state index contributed by atoms with van der Waals surface area (Å²) < 4.78 is 2.32. The van der Waals surface area contributed by atoms with Crippen LogP contribution in [0.1, 0.15) is 11.1 Å². The normalized spacial score (nSPS) is 11.2. The van der Waals surface area contributed by atoms with Crippen molar-refractivity contribution < 1.29 is 0 Å². The van der Waals surface area contributed by atoms with Gasteiger partial charge in [0.2, 0.25) is 0 Å². The standard InChI is InChI=1S/C52H34N6/c1-34-26-27-41-40-24-14-15-25-48(40)58(49(41)28-34)50-42(46-31-44(36-16-6-2-7-17-36)54-51(56-46)38-20-10-4-11-21-38)29-35(33-53)30-43(50)47-32-45(37-18-8-3-9-19-37)55-52(57-47)39-22-12-5-13-23-39/h2-32H,1H3. The van der Waals surface area contributed by atoms with Crippen LogP contribution in [0.5, 0.6) is 0 Å². The van der Waals surface area contributed by atoms with Gasteiger partial charge in [0.25, 0.3) is 0 Å². The molecule has 0 atom stereocenters. The fourth-order valence-corrected chi connectivity index (χ4v) is 7.77. The van der Waals surface area contributed by atoms with Crippen molar-refractivity contribution >= 4 is 21.8 Å². The molecule has 10 aromatic rings. The average Bonchev–Trinajstić information content (AvgIpc) is 3.62. The third-order valence-electron chi connectivity index (χ3n) is 10.5. The second kappa shape index (κ2) is 14.6. The second-order valence-corrected chi connectivity index (χ2v) is 14.3. The number of rotatable bonds is 7. The Labute approximate surface area is 336 Å². The van der Waals surface area contributed by atoms with E-state index in [1.54, 1.807) is 0 Å². The van der Waals surface area contributed by atoms with Crippen LogP contribution >= 0.6 is 0 Å². The number of hydrogen-bond acceptors (Lipinski definition) is 5. The second-order valence-electron chi connectivity index (χ2n) is 14.3. The Balaban J connectivity index is 1.37.